The van der Waals surface area contributed by atoms with Crippen molar-refractivity contribution in [3.05, 3.63) is 46.4 Å². The van der Waals surface area contributed by atoms with Crippen LogP contribution >= 0.6 is 15.9 Å². The van der Waals surface area contributed by atoms with E-state index in [1.807, 2.05) is 0 Å². The molecule has 1 heterocycles. The minimum atomic E-state index is -0.505. The number of halogens is 2. The lowest BCUT2D eigenvalue weighted by Gasteiger charge is -2.07. The van der Waals surface area contributed by atoms with Crippen LogP contribution in [-0.4, -0.2) is 10.5 Å². The zero-order chi connectivity index (χ0) is 13.3. The Morgan fingerprint density at radius 1 is 1.44 bits per heavy atom. The summed E-state index contributed by atoms with van der Waals surface area (Å²) in [6.45, 7) is 0. The van der Waals surface area contributed by atoms with Crippen molar-refractivity contribution >= 4 is 33.2 Å². The largest absolute Gasteiger partial charge is 0.396 e. The van der Waals surface area contributed by atoms with E-state index in [4.69, 9.17) is 5.73 Å². The van der Waals surface area contributed by atoms with Crippen molar-refractivity contribution in [1.29, 1.82) is 0 Å². The van der Waals surface area contributed by atoms with Gasteiger partial charge >= 0.3 is 0 Å². The first kappa shape index (κ1) is 12.6. The van der Waals surface area contributed by atoms with E-state index < -0.39 is 5.82 Å². The van der Waals surface area contributed by atoms with Gasteiger partial charge in [-0.05, 0) is 40.2 Å². The molecule has 0 spiro atoms. The van der Waals surface area contributed by atoms with Crippen LogP contribution < -0.4 is 11.1 Å². The molecule has 1 aromatic carbocycles. The third-order valence-electron chi connectivity index (χ3n) is 2.46. The average Bonchev–Trinajstić information content (AvgIpc) is 2.63. The number of aryl methyl sites for hydroxylation is 1. The van der Waals surface area contributed by atoms with Gasteiger partial charge < -0.3 is 15.6 Å². The van der Waals surface area contributed by atoms with Crippen LogP contribution in [-0.2, 0) is 7.05 Å². The van der Waals surface area contributed by atoms with Gasteiger partial charge in [0.25, 0.3) is 5.91 Å². The highest BCUT2D eigenvalue weighted by Gasteiger charge is 2.11. The fraction of sp³-hybridized carbons (Fsp3) is 0.0833. The number of nitrogen functional groups attached to an aromatic ring is 1. The number of nitrogens with zero attached hydrogens (tertiary/aromatic N) is 1. The third-order valence-corrected chi connectivity index (χ3v) is 2.89. The average molecular weight is 312 g/mol. The molecular formula is C12H11BrFN3O. The van der Waals surface area contributed by atoms with Crippen molar-refractivity contribution in [1.82, 2.24) is 4.57 Å². The summed E-state index contributed by atoms with van der Waals surface area (Å²) in [7, 11) is 1.76. The molecule has 0 saturated carbocycles. The maximum atomic E-state index is 13.0. The molecule has 0 bridgehead atoms. The number of hydrogen-bond acceptors (Lipinski definition) is 2. The molecule has 0 fully saturated rings. The van der Waals surface area contributed by atoms with Gasteiger partial charge in [-0.3, -0.25) is 4.79 Å². The summed E-state index contributed by atoms with van der Waals surface area (Å²) in [5.74, 6) is -0.788. The van der Waals surface area contributed by atoms with Crippen LogP contribution in [0.5, 0.6) is 0 Å². The highest BCUT2D eigenvalue weighted by atomic mass is 79.9. The van der Waals surface area contributed by atoms with Crippen LogP contribution in [0.2, 0.25) is 0 Å². The Hall–Kier alpha value is -1.82. The van der Waals surface area contributed by atoms with Crippen molar-refractivity contribution < 1.29 is 9.18 Å². The lowest BCUT2D eigenvalue weighted by molar-refractivity contribution is 0.101. The van der Waals surface area contributed by atoms with E-state index in [0.29, 0.717) is 11.4 Å². The Balaban J connectivity index is 2.21. The smallest absolute Gasteiger partial charge is 0.272 e. The van der Waals surface area contributed by atoms with Crippen LogP contribution in [0.4, 0.5) is 15.8 Å². The highest BCUT2D eigenvalue weighted by molar-refractivity contribution is 9.10. The maximum Gasteiger partial charge on any atom is 0.272 e. The van der Waals surface area contributed by atoms with E-state index >= 15 is 0 Å². The fourth-order valence-corrected chi connectivity index (χ4v) is 2.09. The minimum Gasteiger partial charge on any atom is -0.396 e. The van der Waals surface area contributed by atoms with Crippen LogP contribution in [0.3, 0.4) is 0 Å². The molecule has 94 valence electrons. The molecule has 3 N–H and O–H groups in total. The Labute approximate surface area is 112 Å². The number of hydrogen-bond donors (Lipinski definition) is 2. The molecule has 1 aromatic heterocycles. The molecule has 0 aliphatic heterocycles. The third kappa shape index (κ3) is 2.53. The van der Waals surface area contributed by atoms with Gasteiger partial charge in [0.15, 0.2) is 0 Å². The van der Waals surface area contributed by atoms with Crippen LogP contribution in [0.25, 0.3) is 0 Å². The molecule has 0 saturated heterocycles. The van der Waals surface area contributed by atoms with Crippen LogP contribution in [0.1, 0.15) is 10.5 Å². The quantitative estimate of drug-likeness (QED) is 0.838. The number of carbonyl (C=O) groups excluding carboxylic acids is 1. The molecule has 0 aliphatic rings. The van der Waals surface area contributed by atoms with E-state index in [0.717, 1.165) is 4.47 Å². The van der Waals surface area contributed by atoms with Crippen LogP contribution in [0.15, 0.2) is 34.9 Å². The number of nitrogens with one attached hydrogen (secondary N) is 1. The molecular weight excluding hydrogens is 301 g/mol. The van der Waals surface area contributed by atoms with Crippen LogP contribution in [0, 0.1) is 5.82 Å². The lowest BCUT2D eigenvalue weighted by atomic mass is 10.2. The number of nitrogens with two attached hydrogens (primary N) is 1. The predicted octanol–water partition coefficient (Wildman–Crippen LogP) is 2.76. The normalized spacial score (nSPS) is 10.4. The second-order valence-electron chi connectivity index (χ2n) is 3.84. The molecule has 0 unspecified atom stereocenters. The van der Waals surface area contributed by atoms with Gasteiger partial charge in [0.2, 0.25) is 0 Å². The van der Waals surface area contributed by atoms with Gasteiger partial charge in [0, 0.05) is 23.4 Å². The predicted molar refractivity (Wildman–Crippen MR) is 71.9 cm³/mol. The van der Waals surface area contributed by atoms with E-state index in [1.54, 1.807) is 23.9 Å². The van der Waals surface area contributed by atoms with E-state index in [1.165, 1.54) is 18.2 Å². The fourth-order valence-electron chi connectivity index (χ4n) is 1.57. The zero-order valence-corrected chi connectivity index (χ0v) is 11.2. The number of rotatable bonds is 2. The Bertz CT molecular complexity index is 609. The van der Waals surface area contributed by atoms with Gasteiger partial charge in [0.05, 0.1) is 5.69 Å². The van der Waals surface area contributed by atoms with Gasteiger partial charge in [-0.15, -0.1) is 0 Å². The molecule has 1 amide bonds. The molecule has 6 heteroatoms. The van der Waals surface area contributed by atoms with Gasteiger partial charge in [0.1, 0.15) is 11.5 Å². The SMILES string of the molecule is Cn1cc(Br)cc1C(=O)Nc1ccc(F)c(N)c1. The molecule has 0 radical (unpaired) electrons. The van der Waals surface area contributed by atoms with Crippen molar-refractivity contribution in [2.75, 3.05) is 11.1 Å². The standard InChI is InChI=1S/C12H11BrFN3O/c1-17-6-7(13)4-11(17)12(18)16-8-2-3-9(14)10(15)5-8/h2-6H,15H2,1H3,(H,16,18). The molecule has 0 aliphatic carbocycles. The summed E-state index contributed by atoms with van der Waals surface area (Å²) in [6.07, 6.45) is 1.77. The number of anilines is 2. The van der Waals surface area contributed by atoms with Gasteiger partial charge in [-0.25, -0.2) is 4.39 Å². The Morgan fingerprint density at radius 2 is 2.17 bits per heavy atom. The van der Waals surface area contributed by atoms with Crippen molar-refractivity contribution in [2.24, 2.45) is 7.05 Å². The minimum absolute atomic E-state index is 0.000798. The van der Waals surface area contributed by atoms with Crippen molar-refractivity contribution in [2.45, 2.75) is 0 Å². The summed E-state index contributed by atoms with van der Waals surface area (Å²) >= 11 is 3.29. The number of amides is 1. The summed E-state index contributed by atoms with van der Waals surface area (Å²) < 4.78 is 15.5. The molecule has 18 heavy (non-hydrogen) atoms. The second-order valence-corrected chi connectivity index (χ2v) is 4.76. The summed E-state index contributed by atoms with van der Waals surface area (Å²) in [6, 6.07) is 5.75. The maximum absolute atomic E-state index is 13.0. The second kappa shape index (κ2) is 4.81. The van der Waals surface area contributed by atoms with E-state index in [-0.39, 0.29) is 11.6 Å². The lowest BCUT2D eigenvalue weighted by Crippen LogP contribution is -2.15. The molecule has 2 aromatic rings. The van der Waals surface area contributed by atoms with E-state index in [2.05, 4.69) is 21.2 Å². The summed E-state index contributed by atoms with van der Waals surface area (Å²) in [5.41, 5.74) is 6.38. The van der Waals surface area contributed by atoms with Gasteiger partial charge in [-0.1, -0.05) is 0 Å². The molecule has 2 rings (SSSR count). The van der Waals surface area contributed by atoms with Gasteiger partial charge in [-0.2, -0.15) is 0 Å². The first-order valence-corrected chi connectivity index (χ1v) is 5.95. The Kier molecular flexibility index (Phi) is 3.38. The number of carbonyl (C=O) groups is 1. The summed E-state index contributed by atoms with van der Waals surface area (Å²) in [4.78, 5) is 12.0. The first-order valence-electron chi connectivity index (χ1n) is 5.15. The monoisotopic (exact) mass is 311 g/mol. The topological polar surface area (TPSA) is 60.0 Å². The van der Waals surface area contributed by atoms with Crippen molar-refractivity contribution in [3.8, 4) is 0 Å². The molecule has 0 atom stereocenters. The Morgan fingerprint density at radius 3 is 2.72 bits per heavy atom. The zero-order valence-electron chi connectivity index (χ0n) is 9.58. The summed E-state index contributed by atoms with van der Waals surface area (Å²) in [5, 5.41) is 2.65. The highest BCUT2D eigenvalue weighted by Crippen LogP contribution is 2.18. The number of aromatic nitrogens is 1. The first-order chi connectivity index (χ1) is 8.47. The molecule has 4 nitrogen and oxygen atoms in total. The van der Waals surface area contributed by atoms with Crippen molar-refractivity contribution in [3.63, 3.8) is 0 Å². The number of benzene rings is 1. The van der Waals surface area contributed by atoms with E-state index in [9.17, 15) is 9.18 Å².